The van der Waals surface area contributed by atoms with Crippen LogP contribution in [0, 0.1) is 11.6 Å². The third-order valence-corrected chi connectivity index (χ3v) is 3.65. The zero-order valence-corrected chi connectivity index (χ0v) is 9.73. The molecule has 0 radical (unpaired) electrons. The van der Waals surface area contributed by atoms with Crippen LogP contribution in [0.15, 0.2) is 18.3 Å². The molecule has 0 atom stereocenters. The van der Waals surface area contributed by atoms with Gasteiger partial charge in [-0.25, -0.2) is 0 Å². The Labute approximate surface area is 90.8 Å². The van der Waals surface area contributed by atoms with E-state index in [2.05, 4.69) is 9.91 Å². The van der Waals surface area contributed by atoms with E-state index in [1.54, 1.807) is 6.20 Å². The summed E-state index contributed by atoms with van der Waals surface area (Å²) < 4.78 is 27.1. The fourth-order valence-corrected chi connectivity index (χ4v) is 2.92. The molecule has 4 heteroatoms. The van der Waals surface area contributed by atoms with Crippen molar-refractivity contribution in [3.8, 4) is 0 Å². The van der Waals surface area contributed by atoms with Gasteiger partial charge >= 0.3 is 90.8 Å². The van der Waals surface area contributed by atoms with Gasteiger partial charge < -0.3 is 0 Å². The molecule has 0 spiro atoms. The van der Waals surface area contributed by atoms with Gasteiger partial charge in [0.1, 0.15) is 0 Å². The van der Waals surface area contributed by atoms with Gasteiger partial charge in [-0.3, -0.25) is 0 Å². The van der Waals surface area contributed by atoms with Crippen LogP contribution in [0.3, 0.4) is 0 Å². The maximum atomic E-state index is 13.2. The van der Waals surface area contributed by atoms with E-state index in [1.165, 1.54) is 6.07 Å². The monoisotopic (exact) mass is 308 g/mol. The van der Waals surface area contributed by atoms with E-state index in [-0.39, 0.29) is 21.2 Å². The number of halogens is 3. The molecule has 0 fully saturated rings. The Balaban J connectivity index is 2.66. The minimum absolute atomic E-state index is 0.0953. The molecule has 1 heterocycles. The fraction of sp³-hybridized carbons (Fsp3) is 0.200. The van der Waals surface area contributed by atoms with Crippen molar-refractivity contribution in [1.82, 2.24) is 4.98 Å². The molecule has 0 unspecified atom stereocenters. The first-order valence-electron chi connectivity index (χ1n) is 4.11. The van der Waals surface area contributed by atoms with Crippen LogP contribution in [0.25, 0.3) is 10.9 Å². The van der Waals surface area contributed by atoms with E-state index in [0.717, 1.165) is 16.1 Å². The number of H-pyrrole nitrogens is 1. The summed E-state index contributed by atoms with van der Waals surface area (Å²) in [5, 5.41) is 0.684. The second-order valence-corrected chi connectivity index (χ2v) is 5.31. The van der Waals surface area contributed by atoms with E-state index in [4.69, 9.17) is 0 Å². The predicted molar refractivity (Wildman–Crippen MR) is 47.8 cm³/mol. The van der Waals surface area contributed by atoms with Crippen LogP contribution in [0.2, 0.25) is 0 Å². The maximum absolute atomic E-state index is 13.2. The number of benzene rings is 1. The van der Waals surface area contributed by atoms with Crippen LogP contribution in [-0.4, -0.2) is 9.91 Å². The van der Waals surface area contributed by atoms with Gasteiger partial charge in [0.15, 0.2) is 0 Å². The first-order chi connectivity index (χ1) is 6.72. The molecule has 0 saturated heterocycles. The molecule has 0 saturated carbocycles. The van der Waals surface area contributed by atoms with Crippen molar-refractivity contribution in [2.24, 2.45) is 0 Å². The summed E-state index contributed by atoms with van der Waals surface area (Å²) in [4.78, 5) is 4.99. The fourth-order valence-electron chi connectivity index (χ4n) is 1.47. The number of fused-ring (bicyclic) bond motifs is 1. The first kappa shape index (κ1) is 9.89. The van der Waals surface area contributed by atoms with E-state index in [0.29, 0.717) is 10.9 Å². The Kier molecular flexibility index (Phi) is 2.71. The Morgan fingerprint density at radius 3 is 2.86 bits per heavy atom. The summed E-state index contributed by atoms with van der Waals surface area (Å²) in [6, 6.07) is 2.30. The minimum atomic E-state index is -0.513. The molecule has 1 N–H and O–H groups in total. The molecule has 2 aromatic rings. The average molecular weight is 308 g/mol. The molecule has 1 aromatic carbocycles. The summed E-state index contributed by atoms with van der Waals surface area (Å²) in [7, 11) is 0. The molecule has 1 aromatic heterocycles. The van der Waals surface area contributed by atoms with Crippen LogP contribution in [-0.2, 0) is 4.43 Å². The molecule has 0 bridgehead atoms. The summed E-state index contributed by atoms with van der Waals surface area (Å²) in [6.07, 6.45) is 1.77. The van der Waals surface area contributed by atoms with Gasteiger partial charge in [-0.1, -0.05) is 0 Å². The van der Waals surface area contributed by atoms with E-state index in [9.17, 15) is 8.78 Å². The zero-order chi connectivity index (χ0) is 10.1. The van der Waals surface area contributed by atoms with E-state index < -0.39 is 11.6 Å². The van der Waals surface area contributed by atoms with Crippen molar-refractivity contribution in [2.45, 2.75) is 4.43 Å². The first-order valence-corrected chi connectivity index (χ1v) is 7.79. The SMILES string of the molecule is C[I-]Cc1c[nH]c2c(F)cc(F)cc12. The molecular formula is C10H9F2IN-. The van der Waals surface area contributed by atoms with Gasteiger partial charge in [-0.15, -0.1) is 0 Å². The number of hydrogen-bond acceptors (Lipinski definition) is 0. The van der Waals surface area contributed by atoms with Gasteiger partial charge in [0.2, 0.25) is 0 Å². The summed E-state index contributed by atoms with van der Waals surface area (Å²) >= 11 is 0.0953. The van der Waals surface area contributed by atoms with E-state index in [1.807, 2.05) is 0 Å². The summed E-state index contributed by atoms with van der Waals surface area (Å²) in [5.41, 5.74) is 1.44. The van der Waals surface area contributed by atoms with Gasteiger partial charge in [-0.05, 0) is 0 Å². The molecule has 0 aliphatic rings. The molecule has 2 rings (SSSR count). The molecular weight excluding hydrogens is 299 g/mol. The molecule has 0 amide bonds. The van der Waals surface area contributed by atoms with Gasteiger partial charge in [-0.2, -0.15) is 0 Å². The molecule has 76 valence electrons. The topological polar surface area (TPSA) is 15.8 Å². The quantitative estimate of drug-likeness (QED) is 0.577. The van der Waals surface area contributed by atoms with Crippen LogP contribution < -0.4 is 21.2 Å². The number of aromatic amines is 1. The van der Waals surface area contributed by atoms with Crippen molar-refractivity contribution in [3.05, 3.63) is 35.5 Å². The number of rotatable bonds is 2. The Morgan fingerprint density at radius 1 is 1.36 bits per heavy atom. The standard InChI is InChI=1S/C10H9F2IN/c1-13-4-6-5-14-10-8(6)2-7(11)3-9(10)12/h2-3,5,14H,4H2,1H3/q-1. The number of aromatic nitrogens is 1. The second kappa shape index (κ2) is 3.84. The van der Waals surface area contributed by atoms with E-state index >= 15 is 0 Å². The van der Waals surface area contributed by atoms with Gasteiger partial charge in [0.05, 0.1) is 0 Å². The molecule has 0 aliphatic heterocycles. The summed E-state index contributed by atoms with van der Waals surface area (Å²) in [5.74, 6) is -1.02. The Bertz CT molecular complexity index is 464. The van der Waals surface area contributed by atoms with Crippen LogP contribution in [0.5, 0.6) is 0 Å². The normalized spacial score (nSPS) is 11.4. The van der Waals surface area contributed by atoms with Gasteiger partial charge in [0, 0.05) is 0 Å². The zero-order valence-electron chi connectivity index (χ0n) is 7.57. The van der Waals surface area contributed by atoms with Crippen molar-refractivity contribution >= 4 is 10.9 Å². The molecule has 1 nitrogen and oxygen atoms in total. The second-order valence-electron chi connectivity index (χ2n) is 3.02. The number of alkyl halides is 2. The molecule has 14 heavy (non-hydrogen) atoms. The van der Waals surface area contributed by atoms with Crippen molar-refractivity contribution in [2.75, 3.05) is 4.93 Å². The molecule has 0 aliphatic carbocycles. The van der Waals surface area contributed by atoms with Crippen molar-refractivity contribution < 1.29 is 30.0 Å². The summed E-state index contributed by atoms with van der Waals surface area (Å²) in [6.45, 7) is 0. The van der Waals surface area contributed by atoms with Crippen molar-refractivity contribution in [3.63, 3.8) is 0 Å². The van der Waals surface area contributed by atoms with Crippen LogP contribution >= 0.6 is 0 Å². The van der Waals surface area contributed by atoms with Gasteiger partial charge in [0.25, 0.3) is 0 Å². The number of hydrogen-bond donors (Lipinski definition) is 1. The third kappa shape index (κ3) is 1.63. The Hall–Kier alpha value is -0.650. The third-order valence-electron chi connectivity index (χ3n) is 2.07. The van der Waals surface area contributed by atoms with Crippen LogP contribution in [0.1, 0.15) is 5.56 Å². The predicted octanol–water partition coefficient (Wildman–Crippen LogP) is -0.335. The number of nitrogens with one attached hydrogen (secondary N) is 1. The average Bonchev–Trinajstić information content (AvgIpc) is 2.49. The van der Waals surface area contributed by atoms with Crippen LogP contribution in [0.4, 0.5) is 8.78 Å². The Morgan fingerprint density at radius 2 is 2.14 bits per heavy atom. The van der Waals surface area contributed by atoms with Crippen molar-refractivity contribution in [1.29, 1.82) is 0 Å².